The summed E-state index contributed by atoms with van der Waals surface area (Å²) in [6.07, 6.45) is 0.851. The highest BCUT2D eigenvalue weighted by Crippen LogP contribution is 2.30. The Balaban J connectivity index is 1.85. The molecule has 0 spiro atoms. The highest BCUT2D eigenvalue weighted by molar-refractivity contribution is 8.02. The molecule has 2 rings (SSSR count). The van der Waals surface area contributed by atoms with Gasteiger partial charge in [0.2, 0.25) is 5.89 Å². The molecule has 0 atom stereocenters. The van der Waals surface area contributed by atoms with Crippen molar-refractivity contribution < 1.29 is 4.52 Å². The number of aromatic nitrogens is 4. The van der Waals surface area contributed by atoms with Crippen LogP contribution in [-0.4, -0.2) is 26.1 Å². The highest BCUT2D eigenvalue weighted by atomic mass is 32.2. The van der Waals surface area contributed by atoms with Crippen LogP contribution in [0, 0.1) is 5.92 Å². The summed E-state index contributed by atoms with van der Waals surface area (Å²) in [6, 6.07) is 0. The monoisotopic (exact) mass is 316 g/mol. The van der Waals surface area contributed by atoms with Crippen LogP contribution in [0.3, 0.4) is 0 Å². The summed E-state index contributed by atoms with van der Waals surface area (Å²) in [5, 5.41) is 12.2. The van der Waals surface area contributed by atoms with Crippen molar-refractivity contribution in [1.82, 2.24) is 20.3 Å². The molecule has 0 aromatic carbocycles. The first-order valence-electron chi connectivity index (χ1n) is 6.08. The lowest BCUT2D eigenvalue weighted by atomic mass is 10.1. The van der Waals surface area contributed by atoms with E-state index in [0.717, 1.165) is 26.7 Å². The second kappa shape index (κ2) is 7.25. The average Bonchev–Trinajstić information content (AvgIpc) is 2.96. The molecule has 0 aliphatic rings. The second-order valence-electron chi connectivity index (χ2n) is 4.26. The van der Waals surface area contributed by atoms with E-state index in [2.05, 4.69) is 41.1 Å². The predicted octanol–water partition coefficient (Wildman–Crippen LogP) is 3.52. The van der Waals surface area contributed by atoms with Crippen LogP contribution in [-0.2, 0) is 12.2 Å². The molecule has 0 fully saturated rings. The van der Waals surface area contributed by atoms with Gasteiger partial charge in [-0.2, -0.15) is 4.98 Å². The Kier molecular flexibility index (Phi) is 5.65. The second-order valence-corrected chi connectivity index (χ2v) is 7.97. The van der Waals surface area contributed by atoms with Crippen LogP contribution in [0.4, 0.5) is 0 Å². The summed E-state index contributed by atoms with van der Waals surface area (Å²) < 4.78 is 7.17. The third-order valence-corrected chi connectivity index (χ3v) is 5.13. The smallest absolute Gasteiger partial charge is 0.237 e. The molecule has 2 aromatic rings. The number of hydrogen-bond acceptors (Lipinski definition) is 8. The fourth-order valence-corrected chi connectivity index (χ4v) is 4.11. The standard InChI is InChI=1S/C11H16N4OS3/c1-4-17-10-13-14-11(19-10)18-6-9-12-8(15-16-9)5-7(2)3/h7H,4-6H2,1-3H3. The van der Waals surface area contributed by atoms with Crippen LogP contribution in [0.2, 0.25) is 0 Å². The lowest BCUT2D eigenvalue weighted by Crippen LogP contribution is -1.96. The van der Waals surface area contributed by atoms with Gasteiger partial charge in [-0.1, -0.05) is 60.8 Å². The van der Waals surface area contributed by atoms with Gasteiger partial charge in [0.05, 0.1) is 5.75 Å². The van der Waals surface area contributed by atoms with Gasteiger partial charge in [0.15, 0.2) is 14.5 Å². The minimum absolute atomic E-state index is 0.537. The van der Waals surface area contributed by atoms with Gasteiger partial charge < -0.3 is 4.52 Å². The Morgan fingerprint density at radius 1 is 1.21 bits per heavy atom. The van der Waals surface area contributed by atoms with Crippen molar-refractivity contribution in [3.63, 3.8) is 0 Å². The van der Waals surface area contributed by atoms with Crippen molar-refractivity contribution in [1.29, 1.82) is 0 Å². The number of hydrogen-bond donors (Lipinski definition) is 0. The molecule has 0 saturated heterocycles. The first-order valence-corrected chi connectivity index (χ1v) is 8.86. The third-order valence-electron chi connectivity index (χ3n) is 2.08. The van der Waals surface area contributed by atoms with Crippen molar-refractivity contribution in [3.8, 4) is 0 Å². The van der Waals surface area contributed by atoms with E-state index in [-0.39, 0.29) is 0 Å². The molecule has 2 aromatic heterocycles. The lowest BCUT2D eigenvalue weighted by Gasteiger charge is -1.95. The molecule has 0 N–H and O–H groups in total. The number of nitrogens with zero attached hydrogens (tertiary/aromatic N) is 4. The molecule has 0 radical (unpaired) electrons. The van der Waals surface area contributed by atoms with Gasteiger partial charge in [-0.05, 0) is 11.7 Å². The van der Waals surface area contributed by atoms with Crippen LogP contribution in [0.5, 0.6) is 0 Å². The first kappa shape index (κ1) is 14.8. The van der Waals surface area contributed by atoms with Gasteiger partial charge in [0.25, 0.3) is 0 Å². The Morgan fingerprint density at radius 3 is 2.63 bits per heavy atom. The molecule has 8 heteroatoms. The number of thioether (sulfide) groups is 2. The molecule has 0 unspecified atom stereocenters. The van der Waals surface area contributed by atoms with Gasteiger partial charge in [0.1, 0.15) is 0 Å². The molecule has 5 nitrogen and oxygen atoms in total. The zero-order chi connectivity index (χ0) is 13.7. The van der Waals surface area contributed by atoms with Gasteiger partial charge in [-0.15, -0.1) is 10.2 Å². The fourth-order valence-electron chi connectivity index (χ4n) is 1.36. The van der Waals surface area contributed by atoms with Gasteiger partial charge in [0, 0.05) is 6.42 Å². The van der Waals surface area contributed by atoms with E-state index in [1.54, 1.807) is 34.9 Å². The third kappa shape index (κ3) is 4.77. The average molecular weight is 316 g/mol. The molecule has 0 saturated carbocycles. The molecule has 19 heavy (non-hydrogen) atoms. The van der Waals surface area contributed by atoms with Gasteiger partial charge >= 0.3 is 0 Å². The normalized spacial score (nSPS) is 11.4. The fraction of sp³-hybridized carbons (Fsp3) is 0.636. The Morgan fingerprint density at radius 2 is 1.95 bits per heavy atom. The molecule has 0 aliphatic carbocycles. The van der Waals surface area contributed by atoms with Crippen LogP contribution in [0.25, 0.3) is 0 Å². The van der Waals surface area contributed by atoms with Crippen molar-refractivity contribution in [2.45, 2.75) is 41.6 Å². The summed E-state index contributed by atoms with van der Waals surface area (Å²) in [5.41, 5.74) is 0. The Bertz CT molecular complexity index is 512. The van der Waals surface area contributed by atoms with Crippen LogP contribution in [0.1, 0.15) is 32.5 Å². The van der Waals surface area contributed by atoms with Crippen molar-refractivity contribution in [2.24, 2.45) is 5.92 Å². The lowest BCUT2D eigenvalue weighted by molar-refractivity contribution is 0.382. The maximum atomic E-state index is 5.21. The minimum atomic E-state index is 0.537. The molecule has 104 valence electrons. The summed E-state index contributed by atoms with van der Waals surface area (Å²) in [5.74, 6) is 3.64. The van der Waals surface area contributed by atoms with E-state index in [9.17, 15) is 0 Å². The van der Waals surface area contributed by atoms with Crippen molar-refractivity contribution in [2.75, 3.05) is 5.75 Å². The van der Waals surface area contributed by atoms with E-state index < -0.39 is 0 Å². The quantitative estimate of drug-likeness (QED) is 0.724. The summed E-state index contributed by atoms with van der Waals surface area (Å²) in [6.45, 7) is 6.38. The van der Waals surface area contributed by atoms with E-state index >= 15 is 0 Å². The predicted molar refractivity (Wildman–Crippen MR) is 78.7 cm³/mol. The minimum Gasteiger partial charge on any atom is -0.338 e. The summed E-state index contributed by atoms with van der Waals surface area (Å²) >= 11 is 4.90. The Labute approximate surface area is 125 Å². The van der Waals surface area contributed by atoms with E-state index in [0.29, 0.717) is 17.6 Å². The molecular weight excluding hydrogens is 300 g/mol. The Hall–Kier alpha value is -0.600. The van der Waals surface area contributed by atoms with Crippen molar-refractivity contribution >= 4 is 34.9 Å². The van der Waals surface area contributed by atoms with Crippen LogP contribution in [0.15, 0.2) is 13.2 Å². The zero-order valence-corrected chi connectivity index (χ0v) is 13.6. The maximum absolute atomic E-state index is 5.21. The van der Waals surface area contributed by atoms with E-state index in [1.807, 2.05) is 0 Å². The molecule has 0 aliphatic heterocycles. The first-order chi connectivity index (χ1) is 9.17. The SMILES string of the molecule is CCSc1nnc(SCc2nc(CC(C)C)no2)s1. The molecule has 2 heterocycles. The number of rotatable bonds is 7. The van der Waals surface area contributed by atoms with Crippen LogP contribution >= 0.6 is 34.9 Å². The van der Waals surface area contributed by atoms with E-state index in [1.165, 1.54) is 0 Å². The van der Waals surface area contributed by atoms with Gasteiger partial charge in [-0.25, -0.2) is 0 Å². The summed E-state index contributed by atoms with van der Waals surface area (Å²) in [4.78, 5) is 4.36. The van der Waals surface area contributed by atoms with E-state index in [4.69, 9.17) is 4.52 Å². The summed E-state index contributed by atoms with van der Waals surface area (Å²) in [7, 11) is 0. The molecular formula is C11H16N4OS3. The van der Waals surface area contributed by atoms with Crippen molar-refractivity contribution in [3.05, 3.63) is 11.7 Å². The maximum Gasteiger partial charge on any atom is 0.237 e. The largest absolute Gasteiger partial charge is 0.338 e. The zero-order valence-electron chi connectivity index (χ0n) is 11.1. The van der Waals surface area contributed by atoms with Gasteiger partial charge in [-0.3, -0.25) is 0 Å². The topological polar surface area (TPSA) is 64.7 Å². The highest BCUT2D eigenvalue weighted by Gasteiger charge is 2.10. The van der Waals surface area contributed by atoms with Crippen LogP contribution < -0.4 is 0 Å². The molecule has 0 amide bonds. The molecule has 0 bridgehead atoms.